The van der Waals surface area contributed by atoms with E-state index in [2.05, 4.69) is 15.0 Å². The third-order valence-electron chi connectivity index (χ3n) is 2.87. The van der Waals surface area contributed by atoms with E-state index >= 15 is 0 Å². The van der Waals surface area contributed by atoms with Crippen LogP contribution >= 0.6 is 46.0 Å². The van der Waals surface area contributed by atoms with Crippen molar-refractivity contribution in [2.24, 2.45) is 0 Å². The highest BCUT2D eigenvalue weighted by atomic mass is 35.5. The molecule has 0 aromatic carbocycles. The Labute approximate surface area is 149 Å². The van der Waals surface area contributed by atoms with Crippen LogP contribution in [0.2, 0.25) is 4.34 Å². The molecule has 23 heavy (non-hydrogen) atoms. The molecule has 0 bridgehead atoms. The van der Waals surface area contributed by atoms with Crippen LogP contribution in [0.5, 0.6) is 0 Å². The minimum Gasteiger partial charge on any atom is -0.550 e. The quantitative estimate of drug-likeness (QED) is 0.498. The summed E-state index contributed by atoms with van der Waals surface area (Å²) < 4.78 is 0.626. The van der Waals surface area contributed by atoms with Gasteiger partial charge in [0.1, 0.15) is 5.01 Å². The molecule has 0 saturated heterocycles. The predicted octanol–water partition coefficient (Wildman–Crippen LogP) is 3.00. The molecule has 0 amide bonds. The Morgan fingerprint density at radius 2 is 2.04 bits per heavy atom. The second kappa shape index (κ2) is 6.96. The fraction of sp³-hybridized carbons (Fsp3) is 0.143. The van der Waals surface area contributed by atoms with E-state index in [1.807, 2.05) is 12.3 Å². The molecule has 0 saturated carbocycles. The molecule has 3 aromatic heterocycles. The fourth-order valence-electron chi connectivity index (χ4n) is 1.89. The van der Waals surface area contributed by atoms with Crippen molar-refractivity contribution in [1.82, 2.24) is 15.0 Å². The summed E-state index contributed by atoms with van der Waals surface area (Å²) in [6, 6.07) is 3.59. The van der Waals surface area contributed by atoms with E-state index < -0.39 is 5.97 Å². The number of thioether (sulfide) groups is 1. The first kappa shape index (κ1) is 16.4. The van der Waals surface area contributed by atoms with Gasteiger partial charge in [-0.2, -0.15) is 0 Å². The largest absolute Gasteiger partial charge is 0.550 e. The van der Waals surface area contributed by atoms with Crippen molar-refractivity contribution in [3.63, 3.8) is 0 Å². The Bertz CT molecular complexity index is 845. The van der Waals surface area contributed by atoms with E-state index in [4.69, 9.17) is 11.6 Å². The number of thiazole rings is 1. The predicted molar refractivity (Wildman–Crippen MR) is 92.0 cm³/mol. The maximum absolute atomic E-state index is 11.0. The summed E-state index contributed by atoms with van der Waals surface area (Å²) in [5.74, 6) is -1.14. The lowest BCUT2D eigenvalue weighted by Gasteiger charge is -2.00. The first-order valence-corrected chi connectivity index (χ1v) is 9.62. The van der Waals surface area contributed by atoms with Crippen LogP contribution in [0.1, 0.15) is 4.88 Å². The smallest absolute Gasteiger partial charge is 0.187 e. The summed E-state index contributed by atoms with van der Waals surface area (Å²) in [7, 11) is 0. The van der Waals surface area contributed by atoms with Gasteiger partial charge in [-0.15, -0.1) is 22.7 Å². The van der Waals surface area contributed by atoms with Gasteiger partial charge in [-0.05, 0) is 18.4 Å². The first-order valence-electron chi connectivity index (χ1n) is 6.38. The van der Waals surface area contributed by atoms with Crippen LogP contribution < -0.4 is 5.11 Å². The molecule has 0 radical (unpaired) electrons. The number of nitrogens with zero attached hydrogens (tertiary/aromatic N) is 3. The number of hydrogen-bond acceptors (Lipinski definition) is 8. The van der Waals surface area contributed by atoms with Crippen molar-refractivity contribution in [1.29, 1.82) is 0 Å². The molecule has 0 aliphatic rings. The molecule has 0 N–H and O–H groups in total. The van der Waals surface area contributed by atoms with Crippen LogP contribution in [0, 0.1) is 0 Å². The van der Waals surface area contributed by atoms with Gasteiger partial charge in [-0.1, -0.05) is 23.4 Å². The van der Waals surface area contributed by atoms with E-state index in [-0.39, 0.29) is 6.42 Å². The van der Waals surface area contributed by atoms with Crippen molar-refractivity contribution >= 4 is 52.0 Å². The van der Waals surface area contributed by atoms with Gasteiger partial charge in [0.05, 0.1) is 14.9 Å². The lowest BCUT2D eigenvalue weighted by Crippen LogP contribution is -2.24. The summed E-state index contributed by atoms with van der Waals surface area (Å²) >= 11 is 10.1. The van der Waals surface area contributed by atoms with Gasteiger partial charge in [-0.25, -0.2) is 15.0 Å². The topological polar surface area (TPSA) is 78.8 Å². The Hall–Kier alpha value is -1.48. The average Bonchev–Trinajstić information content (AvgIpc) is 3.13. The van der Waals surface area contributed by atoms with E-state index in [9.17, 15) is 9.90 Å². The van der Waals surface area contributed by atoms with E-state index in [1.54, 1.807) is 18.5 Å². The summed E-state index contributed by atoms with van der Waals surface area (Å²) in [6.07, 6.45) is 5.08. The lowest BCUT2D eigenvalue weighted by molar-refractivity contribution is -0.304. The molecular weight excluding hydrogens is 374 g/mol. The van der Waals surface area contributed by atoms with Gasteiger partial charge in [0.15, 0.2) is 5.16 Å². The van der Waals surface area contributed by atoms with Crippen LogP contribution in [0.3, 0.4) is 0 Å². The van der Waals surface area contributed by atoms with Gasteiger partial charge in [0, 0.05) is 35.2 Å². The number of thiophene rings is 1. The highest BCUT2D eigenvalue weighted by Crippen LogP contribution is 2.38. The van der Waals surface area contributed by atoms with E-state index in [0.717, 1.165) is 10.4 Å². The van der Waals surface area contributed by atoms with E-state index in [0.29, 0.717) is 25.1 Å². The van der Waals surface area contributed by atoms with Crippen LogP contribution in [-0.4, -0.2) is 27.2 Å². The molecule has 0 aliphatic heterocycles. The second-order valence-electron chi connectivity index (χ2n) is 4.40. The Kier molecular flexibility index (Phi) is 4.96. The second-order valence-corrected chi connectivity index (χ2v) is 7.97. The molecule has 9 heteroatoms. The number of aromatic nitrogens is 3. The summed E-state index contributed by atoms with van der Waals surface area (Å²) in [5, 5.41) is 12.4. The summed E-state index contributed by atoms with van der Waals surface area (Å²) in [5.41, 5.74) is 1.38. The standard InChI is InChI=1S/C14H10ClN3O2S3/c1-21-14-16-5-7(6-17-14)13-18-12(8-2-3-10(15)22-8)9(23-13)4-11(19)20/h2-3,5-6H,4H2,1H3,(H,19,20)/p-1. The molecule has 0 atom stereocenters. The van der Waals surface area contributed by atoms with Gasteiger partial charge in [0.25, 0.3) is 0 Å². The van der Waals surface area contributed by atoms with Crippen LogP contribution in [0.4, 0.5) is 0 Å². The highest BCUT2D eigenvalue weighted by Gasteiger charge is 2.16. The zero-order valence-corrected chi connectivity index (χ0v) is 15.0. The van der Waals surface area contributed by atoms with Gasteiger partial charge >= 0.3 is 0 Å². The molecule has 3 aromatic rings. The molecule has 3 heterocycles. The number of carboxylic acid groups (broad SMARTS) is 1. The molecule has 0 aliphatic carbocycles. The van der Waals surface area contributed by atoms with Crippen molar-refractivity contribution < 1.29 is 9.90 Å². The SMILES string of the molecule is CSc1ncc(-c2nc(-c3ccc(Cl)s3)c(CC(=O)[O-])s2)cn1. The van der Waals surface area contributed by atoms with Gasteiger partial charge in [0.2, 0.25) is 0 Å². The van der Waals surface area contributed by atoms with Crippen molar-refractivity contribution in [2.45, 2.75) is 11.6 Å². The summed E-state index contributed by atoms with van der Waals surface area (Å²) in [4.78, 5) is 25.5. The van der Waals surface area contributed by atoms with Gasteiger partial charge < -0.3 is 9.90 Å². The third-order valence-corrected chi connectivity index (χ3v) is 5.78. The van der Waals surface area contributed by atoms with Crippen molar-refractivity contribution in [3.05, 3.63) is 33.7 Å². The third kappa shape index (κ3) is 3.72. The monoisotopic (exact) mass is 382 g/mol. The average molecular weight is 383 g/mol. The number of carbonyl (C=O) groups excluding carboxylic acids is 1. The number of carbonyl (C=O) groups is 1. The number of aliphatic carboxylic acids is 1. The summed E-state index contributed by atoms with van der Waals surface area (Å²) in [6.45, 7) is 0. The Balaban J connectivity index is 2.04. The minimum atomic E-state index is -1.14. The zero-order chi connectivity index (χ0) is 16.4. The van der Waals surface area contributed by atoms with Crippen LogP contribution in [0.15, 0.2) is 29.7 Å². The Morgan fingerprint density at radius 3 is 2.61 bits per heavy atom. The Morgan fingerprint density at radius 1 is 1.30 bits per heavy atom. The maximum atomic E-state index is 11.0. The van der Waals surface area contributed by atoms with E-state index in [1.165, 1.54) is 34.4 Å². The van der Waals surface area contributed by atoms with Crippen LogP contribution in [0.25, 0.3) is 21.1 Å². The molecule has 118 valence electrons. The van der Waals surface area contributed by atoms with Gasteiger partial charge in [-0.3, -0.25) is 0 Å². The minimum absolute atomic E-state index is 0.188. The number of halogens is 1. The van der Waals surface area contributed by atoms with Crippen molar-refractivity contribution in [2.75, 3.05) is 6.26 Å². The zero-order valence-electron chi connectivity index (χ0n) is 11.8. The molecule has 5 nitrogen and oxygen atoms in total. The number of hydrogen-bond donors (Lipinski definition) is 0. The lowest BCUT2D eigenvalue weighted by atomic mass is 10.2. The molecular formula is C14H9ClN3O2S3-. The highest BCUT2D eigenvalue weighted by molar-refractivity contribution is 7.98. The fourth-order valence-corrected chi connectivity index (χ4v) is 4.37. The van der Waals surface area contributed by atoms with Crippen molar-refractivity contribution in [3.8, 4) is 21.1 Å². The molecule has 0 spiro atoms. The molecule has 0 unspecified atom stereocenters. The normalized spacial score (nSPS) is 10.9. The molecule has 0 fully saturated rings. The number of carboxylic acids is 1. The first-order chi connectivity index (χ1) is 11.1. The van der Waals surface area contributed by atoms with Crippen LogP contribution in [-0.2, 0) is 11.2 Å². The maximum Gasteiger partial charge on any atom is 0.187 e. The number of rotatable bonds is 5. The molecule has 3 rings (SSSR count).